The van der Waals surface area contributed by atoms with Gasteiger partial charge in [0.25, 0.3) is 5.91 Å². The predicted octanol–water partition coefficient (Wildman–Crippen LogP) is 2.78. The van der Waals surface area contributed by atoms with Crippen LogP contribution in [0.4, 0.5) is 5.13 Å². The van der Waals surface area contributed by atoms with Gasteiger partial charge < -0.3 is 5.11 Å². The number of carbonyl (C=O) groups is 2. The molecule has 2 aromatic heterocycles. The summed E-state index contributed by atoms with van der Waals surface area (Å²) in [5.74, 6) is -1.29. The Labute approximate surface area is 129 Å². The number of carboxylic acid groups (broad SMARTS) is 1. The highest BCUT2D eigenvalue weighted by molar-refractivity contribution is 7.14. The van der Waals surface area contributed by atoms with Crippen molar-refractivity contribution in [2.75, 3.05) is 5.32 Å². The second-order valence-corrected chi connectivity index (χ2v) is 7.17. The molecule has 0 saturated carbocycles. The highest BCUT2D eigenvalue weighted by Crippen LogP contribution is 2.26. The van der Waals surface area contributed by atoms with E-state index in [1.165, 1.54) is 22.7 Å². The maximum atomic E-state index is 12.1. The van der Waals surface area contributed by atoms with E-state index in [1.54, 1.807) is 10.8 Å². The van der Waals surface area contributed by atoms with Crippen LogP contribution in [0, 0.1) is 0 Å². The summed E-state index contributed by atoms with van der Waals surface area (Å²) in [4.78, 5) is 31.0. The van der Waals surface area contributed by atoms with Crippen molar-refractivity contribution in [3.63, 3.8) is 0 Å². The molecule has 0 bridgehead atoms. The maximum absolute atomic E-state index is 12.1. The molecule has 0 saturated heterocycles. The maximum Gasteiger partial charge on any atom is 0.309 e. The second-order valence-electron chi connectivity index (χ2n) is 5.46. The van der Waals surface area contributed by atoms with Gasteiger partial charge in [-0.1, -0.05) is 20.8 Å². The Morgan fingerprint density at radius 3 is 2.52 bits per heavy atom. The standard InChI is InChI=1S/C13H15N3O3S2/c1-13(2,3)11-15-8(6-20-11)10(19)16-12-14-7(5-21-12)4-9(17)18/h5-6H,4H2,1-3H3,(H,17,18)(H,14,16,19). The minimum Gasteiger partial charge on any atom is -0.481 e. The first-order valence-electron chi connectivity index (χ1n) is 6.19. The molecule has 0 radical (unpaired) electrons. The normalized spacial score (nSPS) is 11.4. The van der Waals surface area contributed by atoms with Crippen molar-refractivity contribution < 1.29 is 14.7 Å². The SMILES string of the molecule is CC(C)(C)c1nc(C(=O)Nc2nc(CC(=O)O)cs2)cs1. The average molecular weight is 325 g/mol. The van der Waals surface area contributed by atoms with E-state index >= 15 is 0 Å². The summed E-state index contributed by atoms with van der Waals surface area (Å²) >= 11 is 2.64. The number of hydrogen-bond donors (Lipinski definition) is 2. The minimum atomic E-state index is -0.951. The van der Waals surface area contributed by atoms with Crippen LogP contribution in [0.25, 0.3) is 0 Å². The summed E-state index contributed by atoms with van der Waals surface area (Å²) in [6.07, 6.45) is -0.156. The summed E-state index contributed by atoms with van der Waals surface area (Å²) in [7, 11) is 0. The van der Waals surface area contributed by atoms with E-state index < -0.39 is 5.97 Å². The first-order valence-corrected chi connectivity index (χ1v) is 7.95. The van der Waals surface area contributed by atoms with Crippen LogP contribution in [0.1, 0.15) is 42.0 Å². The molecule has 0 aliphatic heterocycles. The Kier molecular flexibility index (Phi) is 4.38. The van der Waals surface area contributed by atoms with E-state index in [1.807, 2.05) is 20.8 Å². The first kappa shape index (κ1) is 15.6. The van der Waals surface area contributed by atoms with E-state index in [9.17, 15) is 9.59 Å². The molecular weight excluding hydrogens is 310 g/mol. The Balaban J connectivity index is 2.06. The van der Waals surface area contributed by atoms with Crippen LogP contribution in [0.2, 0.25) is 0 Å². The van der Waals surface area contributed by atoms with E-state index in [-0.39, 0.29) is 17.7 Å². The number of rotatable bonds is 4. The van der Waals surface area contributed by atoms with E-state index in [0.29, 0.717) is 16.5 Å². The van der Waals surface area contributed by atoms with Gasteiger partial charge in [0, 0.05) is 16.2 Å². The first-order chi connectivity index (χ1) is 9.75. The van der Waals surface area contributed by atoms with Gasteiger partial charge in [-0.2, -0.15) is 0 Å². The Morgan fingerprint density at radius 2 is 1.95 bits per heavy atom. The van der Waals surface area contributed by atoms with Gasteiger partial charge in [-0.3, -0.25) is 14.9 Å². The molecule has 0 fully saturated rings. The minimum absolute atomic E-state index is 0.0982. The largest absolute Gasteiger partial charge is 0.481 e. The summed E-state index contributed by atoms with van der Waals surface area (Å²) in [6, 6.07) is 0. The number of aliphatic carboxylic acids is 1. The van der Waals surface area contributed by atoms with E-state index in [2.05, 4.69) is 15.3 Å². The smallest absolute Gasteiger partial charge is 0.309 e. The third-order valence-corrected chi connectivity index (χ3v) is 4.56. The number of thiazole rings is 2. The van der Waals surface area contributed by atoms with Crippen molar-refractivity contribution in [2.45, 2.75) is 32.6 Å². The van der Waals surface area contributed by atoms with Crippen LogP contribution in [-0.4, -0.2) is 27.0 Å². The van der Waals surface area contributed by atoms with Crippen molar-refractivity contribution in [1.82, 2.24) is 9.97 Å². The molecule has 2 N–H and O–H groups in total. The zero-order valence-corrected chi connectivity index (χ0v) is 13.5. The molecule has 2 aromatic rings. The molecule has 8 heteroatoms. The zero-order valence-electron chi connectivity index (χ0n) is 11.8. The monoisotopic (exact) mass is 325 g/mol. The third kappa shape index (κ3) is 4.08. The highest BCUT2D eigenvalue weighted by atomic mass is 32.1. The van der Waals surface area contributed by atoms with Gasteiger partial charge in [0.15, 0.2) is 5.13 Å². The molecule has 0 unspecified atom stereocenters. The second kappa shape index (κ2) is 5.90. The molecule has 0 aromatic carbocycles. The van der Waals surface area contributed by atoms with Gasteiger partial charge in [0.05, 0.1) is 17.1 Å². The fraction of sp³-hybridized carbons (Fsp3) is 0.385. The predicted molar refractivity (Wildman–Crippen MR) is 82.2 cm³/mol. The quantitative estimate of drug-likeness (QED) is 0.902. The summed E-state index contributed by atoms with van der Waals surface area (Å²) in [6.45, 7) is 6.10. The van der Waals surface area contributed by atoms with Crippen molar-refractivity contribution in [3.05, 3.63) is 27.2 Å². The molecular formula is C13H15N3O3S2. The van der Waals surface area contributed by atoms with Gasteiger partial charge in [0.1, 0.15) is 5.69 Å². The number of aromatic nitrogens is 2. The summed E-state index contributed by atoms with van der Waals surface area (Å²) in [5, 5.41) is 15.9. The Morgan fingerprint density at radius 1 is 1.24 bits per heavy atom. The van der Waals surface area contributed by atoms with Crippen LogP contribution in [0.3, 0.4) is 0 Å². The third-order valence-electron chi connectivity index (χ3n) is 2.48. The number of carboxylic acids is 1. The van der Waals surface area contributed by atoms with Crippen LogP contribution in [0.15, 0.2) is 10.8 Å². The molecule has 2 rings (SSSR count). The topological polar surface area (TPSA) is 92.2 Å². The van der Waals surface area contributed by atoms with Crippen molar-refractivity contribution >= 4 is 39.7 Å². The van der Waals surface area contributed by atoms with Crippen LogP contribution in [0.5, 0.6) is 0 Å². The van der Waals surface area contributed by atoms with Crippen LogP contribution < -0.4 is 5.32 Å². The van der Waals surface area contributed by atoms with Gasteiger partial charge in [-0.25, -0.2) is 9.97 Å². The number of carbonyl (C=O) groups excluding carboxylic acids is 1. The molecule has 6 nitrogen and oxygen atoms in total. The highest BCUT2D eigenvalue weighted by Gasteiger charge is 2.20. The Bertz CT molecular complexity index is 670. The molecule has 21 heavy (non-hydrogen) atoms. The Hall–Kier alpha value is -1.80. The van der Waals surface area contributed by atoms with Gasteiger partial charge >= 0.3 is 5.97 Å². The van der Waals surface area contributed by atoms with Crippen molar-refractivity contribution in [3.8, 4) is 0 Å². The van der Waals surface area contributed by atoms with Gasteiger partial charge in [-0.05, 0) is 0 Å². The summed E-state index contributed by atoms with van der Waals surface area (Å²) < 4.78 is 0. The lowest BCUT2D eigenvalue weighted by atomic mass is 9.98. The molecule has 1 amide bonds. The molecule has 0 spiro atoms. The van der Waals surface area contributed by atoms with Gasteiger partial charge in [-0.15, -0.1) is 22.7 Å². The molecule has 2 heterocycles. The fourth-order valence-corrected chi connectivity index (χ4v) is 3.08. The van der Waals surface area contributed by atoms with E-state index in [4.69, 9.17) is 5.11 Å². The summed E-state index contributed by atoms with van der Waals surface area (Å²) in [5.41, 5.74) is 0.676. The lowest BCUT2D eigenvalue weighted by molar-refractivity contribution is -0.136. The molecule has 0 atom stereocenters. The van der Waals surface area contributed by atoms with E-state index in [0.717, 1.165) is 5.01 Å². The molecule has 0 aliphatic carbocycles. The van der Waals surface area contributed by atoms with Crippen LogP contribution >= 0.6 is 22.7 Å². The number of hydrogen-bond acceptors (Lipinski definition) is 6. The lowest BCUT2D eigenvalue weighted by Crippen LogP contribution is -2.15. The number of anilines is 1. The number of nitrogens with one attached hydrogen (secondary N) is 1. The number of amides is 1. The van der Waals surface area contributed by atoms with Gasteiger partial charge in [0.2, 0.25) is 0 Å². The van der Waals surface area contributed by atoms with Crippen molar-refractivity contribution in [1.29, 1.82) is 0 Å². The average Bonchev–Trinajstić information content (AvgIpc) is 2.96. The number of nitrogens with zero attached hydrogens (tertiary/aromatic N) is 2. The molecule has 0 aliphatic rings. The van der Waals surface area contributed by atoms with Crippen molar-refractivity contribution in [2.24, 2.45) is 0 Å². The molecule has 112 valence electrons. The lowest BCUT2D eigenvalue weighted by Gasteiger charge is -2.13. The van der Waals surface area contributed by atoms with Crippen LogP contribution in [-0.2, 0) is 16.6 Å². The zero-order chi connectivity index (χ0) is 15.6. The fourth-order valence-electron chi connectivity index (χ4n) is 1.48.